The first-order valence-corrected chi connectivity index (χ1v) is 7.00. The monoisotopic (exact) mass is 321 g/mol. The van der Waals surface area contributed by atoms with Crippen LogP contribution in [0.5, 0.6) is 5.75 Å². The Bertz CT molecular complexity index is 699. The van der Waals surface area contributed by atoms with Gasteiger partial charge in [0.05, 0.1) is 19.6 Å². The van der Waals surface area contributed by atoms with Crippen molar-refractivity contribution in [2.75, 3.05) is 12.4 Å². The SMILES string of the molecule is COc1ccc(NC(=O)C(C)c2c(F)cccc2F)cc1CO. The normalized spacial score (nSPS) is 11.9. The van der Waals surface area contributed by atoms with Crippen LogP contribution in [0.3, 0.4) is 0 Å². The van der Waals surface area contributed by atoms with E-state index in [9.17, 15) is 18.7 Å². The molecule has 2 N–H and O–H groups in total. The maximum absolute atomic E-state index is 13.7. The van der Waals surface area contributed by atoms with Crippen molar-refractivity contribution in [3.05, 3.63) is 59.2 Å². The third-order valence-electron chi connectivity index (χ3n) is 3.54. The number of amides is 1. The highest BCUT2D eigenvalue weighted by molar-refractivity contribution is 5.95. The van der Waals surface area contributed by atoms with Crippen molar-refractivity contribution in [3.8, 4) is 5.75 Å². The molecule has 1 unspecified atom stereocenters. The summed E-state index contributed by atoms with van der Waals surface area (Å²) in [5.74, 6) is -2.60. The lowest BCUT2D eigenvalue weighted by atomic mass is 9.99. The lowest BCUT2D eigenvalue weighted by Crippen LogP contribution is -2.21. The molecule has 0 radical (unpaired) electrons. The summed E-state index contributed by atoms with van der Waals surface area (Å²) in [7, 11) is 1.47. The van der Waals surface area contributed by atoms with Crippen molar-refractivity contribution in [2.24, 2.45) is 0 Å². The number of rotatable bonds is 5. The highest BCUT2D eigenvalue weighted by Crippen LogP contribution is 2.26. The van der Waals surface area contributed by atoms with E-state index in [1.807, 2.05) is 0 Å². The Labute approximate surface area is 132 Å². The standard InChI is InChI=1S/C17H17F2NO3/c1-10(16-13(18)4-3-5-14(16)19)17(22)20-12-6-7-15(23-2)11(8-12)9-21/h3-8,10,21H,9H2,1-2H3,(H,20,22). The van der Waals surface area contributed by atoms with Gasteiger partial charge in [-0.2, -0.15) is 0 Å². The van der Waals surface area contributed by atoms with Gasteiger partial charge in [0.2, 0.25) is 5.91 Å². The van der Waals surface area contributed by atoms with Gasteiger partial charge in [-0.15, -0.1) is 0 Å². The van der Waals surface area contributed by atoms with E-state index in [-0.39, 0.29) is 12.2 Å². The van der Waals surface area contributed by atoms with Gasteiger partial charge < -0.3 is 15.2 Å². The third kappa shape index (κ3) is 3.65. The summed E-state index contributed by atoms with van der Waals surface area (Å²) in [5.41, 5.74) is 0.624. The van der Waals surface area contributed by atoms with Crippen molar-refractivity contribution in [1.29, 1.82) is 0 Å². The lowest BCUT2D eigenvalue weighted by molar-refractivity contribution is -0.117. The van der Waals surface area contributed by atoms with Crippen LogP contribution in [-0.2, 0) is 11.4 Å². The van der Waals surface area contributed by atoms with Crippen LogP contribution in [0, 0.1) is 11.6 Å². The Morgan fingerprint density at radius 3 is 2.48 bits per heavy atom. The molecule has 0 spiro atoms. The smallest absolute Gasteiger partial charge is 0.231 e. The van der Waals surface area contributed by atoms with Crippen molar-refractivity contribution >= 4 is 11.6 Å². The van der Waals surface area contributed by atoms with Gasteiger partial charge in [-0.1, -0.05) is 6.07 Å². The summed E-state index contributed by atoms with van der Waals surface area (Å²) >= 11 is 0. The number of methoxy groups -OCH3 is 1. The van der Waals surface area contributed by atoms with Crippen LogP contribution >= 0.6 is 0 Å². The van der Waals surface area contributed by atoms with Crippen molar-refractivity contribution in [1.82, 2.24) is 0 Å². The minimum absolute atomic E-state index is 0.260. The minimum atomic E-state index is -1.00. The van der Waals surface area contributed by atoms with Gasteiger partial charge >= 0.3 is 0 Å². The fraction of sp³-hybridized carbons (Fsp3) is 0.235. The van der Waals surface area contributed by atoms with Gasteiger partial charge in [-0.05, 0) is 37.3 Å². The fourth-order valence-corrected chi connectivity index (χ4v) is 2.29. The van der Waals surface area contributed by atoms with Crippen LogP contribution in [0.25, 0.3) is 0 Å². The molecule has 0 aliphatic rings. The van der Waals surface area contributed by atoms with Gasteiger partial charge in [-0.25, -0.2) is 8.78 Å². The van der Waals surface area contributed by atoms with Crippen LogP contribution in [0.4, 0.5) is 14.5 Å². The molecular formula is C17H17F2NO3. The number of aliphatic hydroxyl groups is 1. The van der Waals surface area contributed by atoms with Gasteiger partial charge in [0.25, 0.3) is 0 Å². The quantitative estimate of drug-likeness (QED) is 0.889. The number of ether oxygens (including phenoxy) is 1. The number of benzene rings is 2. The largest absolute Gasteiger partial charge is 0.496 e. The second-order valence-electron chi connectivity index (χ2n) is 5.03. The number of hydrogen-bond acceptors (Lipinski definition) is 3. The molecule has 1 amide bonds. The highest BCUT2D eigenvalue weighted by atomic mass is 19.1. The summed E-state index contributed by atoms with van der Waals surface area (Å²) in [4.78, 5) is 12.2. The summed E-state index contributed by atoms with van der Waals surface area (Å²) in [6.07, 6.45) is 0. The van der Waals surface area contributed by atoms with E-state index in [4.69, 9.17) is 4.74 Å². The van der Waals surface area contributed by atoms with Gasteiger partial charge in [0.15, 0.2) is 0 Å². The average molecular weight is 321 g/mol. The first-order valence-electron chi connectivity index (χ1n) is 7.00. The molecule has 0 saturated carbocycles. The molecule has 0 heterocycles. The molecule has 0 fully saturated rings. The van der Waals surface area contributed by atoms with Crippen LogP contribution < -0.4 is 10.1 Å². The molecular weight excluding hydrogens is 304 g/mol. The molecule has 0 aromatic heterocycles. The number of hydrogen-bond donors (Lipinski definition) is 2. The maximum Gasteiger partial charge on any atom is 0.231 e. The summed E-state index contributed by atoms with van der Waals surface area (Å²) in [5, 5.41) is 11.9. The summed E-state index contributed by atoms with van der Waals surface area (Å²) < 4.78 is 32.6. The number of nitrogens with one attached hydrogen (secondary N) is 1. The van der Waals surface area contributed by atoms with Crippen molar-refractivity contribution in [2.45, 2.75) is 19.4 Å². The second kappa shape index (κ2) is 7.19. The van der Waals surface area contributed by atoms with E-state index in [1.54, 1.807) is 18.2 Å². The number of anilines is 1. The molecule has 1 atom stereocenters. The lowest BCUT2D eigenvalue weighted by Gasteiger charge is -2.15. The number of halogens is 2. The van der Waals surface area contributed by atoms with Crippen LogP contribution in [-0.4, -0.2) is 18.1 Å². The molecule has 0 aliphatic carbocycles. The van der Waals surface area contributed by atoms with Crippen molar-refractivity contribution in [3.63, 3.8) is 0 Å². The molecule has 0 bridgehead atoms. The molecule has 2 aromatic rings. The van der Waals surface area contributed by atoms with Crippen LogP contribution in [0.15, 0.2) is 36.4 Å². The fourth-order valence-electron chi connectivity index (χ4n) is 2.29. The van der Waals surface area contributed by atoms with E-state index in [1.165, 1.54) is 20.1 Å². The Hall–Kier alpha value is -2.47. The third-order valence-corrected chi connectivity index (χ3v) is 3.54. The molecule has 0 aliphatic heterocycles. The first-order chi connectivity index (χ1) is 11.0. The molecule has 6 heteroatoms. The predicted octanol–water partition coefficient (Wildman–Crippen LogP) is 3.21. The van der Waals surface area contributed by atoms with E-state index in [0.717, 1.165) is 12.1 Å². The molecule has 0 saturated heterocycles. The van der Waals surface area contributed by atoms with Gasteiger partial charge in [0, 0.05) is 16.8 Å². The van der Waals surface area contributed by atoms with Gasteiger partial charge in [0.1, 0.15) is 17.4 Å². The molecule has 2 rings (SSSR count). The van der Waals surface area contributed by atoms with Crippen molar-refractivity contribution < 1.29 is 23.4 Å². The zero-order valence-corrected chi connectivity index (χ0v) is 12.8. The maximum atomic E-state index is 13.7. The molecule has 23 heavy (non-hydrogen) atoms. The molecule has 2 aromatic carbocycles. The number of aliphatic hydroxyl groups excluding tert-OH is 1. The summed E-state index contributed by atoms with van der Waals surface area (Å²) in [6, 6.07) is 8.19. The predicted molar refractivity (Wildman–Crippen MR) is 82.3 cm³/mol. The number of carbonyl (C=O) groups is 1. The van der Waals surface area contributed by atoms with Crippen LogP contribution in [0.2, 0.25) is 0 Å². The minimum Gasteiger partial charge on any atom is -0.496 e. The molecule has 122 valence electrons. The first kappa shape index (κ1) is 16.9. The van der Waals surface area contributed by atoms with E-state index in [0.29, 0.717) is 17.0 Å². The Balaban J connectivity index is 2.22. The van der Waals surface area contributed by atoms with Crippen LogP contribution in [0.1, 0.15) is 24.0 Å². The zero-order chi connectivity index (χ0) is 17.0. The second-order valence-corrected chi connectivity index (χ2v) is 5.03. The Morgan fingerprint density at radius 2 is 1.91 bits per heavy atom. The van der Waals surface area contributed by atoms with Gasteiger partial charge in [-0.3, -0.25) is 4.79 Å². The van der Waals surface area contributed by atoms with E-state index < -0.39 is 23.5 Å². The Kier molecular flexibility index (Phi) is 5.28. The summed E-state index contributed by atoms with van der Waals surface area (Å²) in [6.45, 7) is 1.16. The zero-order valence-electron chi connectivity index (χ0n) is 12.8. The van der Waals surface area contributed by atoms with E-state index >= 15 is 0 Å². The highest BCUT2D eigenvalue weighted by Gasteiger charge is 2.22. The Morgan fingerprint density at radius 1 is 1.26 bits per heavy atom. The average Bonchev–Trinajstić information content (AvgIpc) is 2.54. The van der Waals surface area contributed by atoms with E-state index in [2.05, 4.69) is 5.32 Å². The number of carbonyl (C=O) groups excluding carboxylic acids is 1. The molecule has 4 nitrogen and oxygen atoms in total. The topological polar surface area (TPSA) is 58.6 Å².